The van der Waals surface area contributed by atoms with Crippen LogP contribution in [0.1, 0.15) is 40.7 Å². The first-order chi connectivity index (χ1) is 13.5. The molecule has 1 saturated heterocycles. The van der Waals surface area contributed by atoms with E-state index in [0.717, 1.165) is 36.4 Å². The van der Waals surface area contributed by atoms with Gasteiger partial charge in [-0.3, -0.25) is 9.69 Å². The monoisotopic (exact) mass is 400 g/mol. The van der Waals surface area contributed by atoms with Crippen molar-refractivity contribution in [2.45, 2.75) is 32.7 Å². The van der Waals surface area contributed by atoms with E-state index in [9.17, 15) is 9.90 Å². The summed E-state index contributed by atoms with van der Waals surface area (Å²) >= 11 is 1.46. The van der Waals surface area contributed by atoms with Gasteiger partial charge in [-0.1, -0.05) is 41.2 Å². The van der Waals surface area contributed by atoms with E-state index in [0.29, 0.717) is 10.8 Å². The number of likely N-dealkylation sites (tertiary alicyclic amines) is 1. The summed E-state index contributed by atoms with van der Waals surface area (Å²) in [6, 6.07) is 8.24. The largest absolute Gasteiger partial charge is 0.492 e. The molecule has 0 amide bonds. The van der Waals surface area contributed by atoms with Gasteiger partial charge >= 0.3 is 5.97 Å². The molecule has 4 rings (SSSR count). The second kappa shape index (κ2) is 7.52. The van der Waals surface area contributed by atoms with Crippen LogP contribution in [-0.4, -0.2) is 50.8 Å². The van der Waals surface area contributed by atoms with Crippen LogP contribution in [0.25, 0.3) is 4.96 Å². The molecule has 1 aliphatic rings. The van der Waals surface area contributed by atoms with Crippen molar-refractivity contribution >= 4 is 22.3 Å². The van der Waals surface area contributed by atoms with Gasteiger partial charge in [0, 0.05) is 0 Å². The maximum absolute atomic E-state index is 11.9. The van der Waals surface area contributed by atoms with Gasteiger partial charge in [-0.2, -0.15) is 4.52 Å². The van der Waals surface area contributed by atoms with Crippen molar-refractivity contribution in [3.63, 3.8) is 0 Å². The van der Waals surface area contributed by atoms with Crippen molar-refractivity contribution in [1.29, 1.82) is 0 Å². The molecule has 0 radical (unpaired) electrons. The van der Waals surface area contributed by atoms with Gasteiger partial charge in [-0.25, -0.2) is 4.98 Å². The van der Waals surface area contributed by atoms with Crippen molar-refractivity contribution in [2.75, 3.05) is 20.2 Å². The Bertz CT molecular complexity index is 1000. The Morgan fingerprint density at radius 3 is 2.71 bits per heavy atom. The molecule has 0 saturated carbocycles. The topological polar surface area (TPSA) is 80.0 Å². The maximum Gasteiger partial charge on any atom is 0.308 e. The van der Waals surface area contributed by atoms with Crippen LogP contribution in [0.5, 0.6) is 5.88 Å². The van der Waals surface area contributed by atoms with Crippen molar-refractivity contribution in [3.8, 4) is 5.88 Å². The third kappa shape index (κ3) is 3.38. The highest BCUT2D eigenvalue weighted by Gasteiger charge is 2.34. The molecule has 3 aromatic rings. The number of ether oxygens (including phenoxy) is 1. The molecule has 0 aliphatic carbocycles. The van der Waals surface area contributed by atoms with E-state index >= 15 is 0 Å². The van der Waals surface area contributed by atoms with Gasteiger partial charge in [0.05, 0.1) is 23.9 Å². The number of benzene rings is 1. The average Bonchev–Trinajstić information content (AvgIpc) is 3.19. The predicted molar refractivity (Wildman–Crippen MR) is 107 cm³/mol. The van der Waals surface area contributed by atoms with Crippen LogP contribution in [0.15, 0.2) is 24.3 Å². The fourth-order valence-electron chi connectivity index (χ4n) is 3.95. The van der Waals surface area contributed by atoms with Crippen molar-refractivity contribution < 1.29 is 14.6 Å². The number of carbonyl (C=O) groups excluding carboxylic acids is 1. The average molecular weight is 401 g/mol. The van der Waals surface area contributed by atoms with Gasteiger partial charge in [-0.05, 0) is 45.3 Å². The number of hydrogen-bond donors (Lipinski definition) is 1. The SMILES string of the molecule is COC(=O)C1CCN([C@@H](c2cccc(C)c2)c2sc3nc(C)nn3c2O)CC1. The van der Waals surface area contributed by atoms with Crippen LogP contribution in [-0.2, 0) is 9.53 Å². The molecule has 148 valence electrons. The van der Waals surface area contributed by atoms with Crippen LogP contribution in [0.4, 0.5) is 0 Å². The molecule has 0 bridgehead atoms. The van der Waals surface area contributed by atoms with E-state index in [-0.39, 0.29) is 23.8 Å². The van der Waals surface area contributed by atoms with Crippen molar-refractivity contribution in [1.82, 2.24) is 19.5 Å². The molecular formula is C20H24N4O3S. The minimum absolute atomic E-state index is 0.0574. The number of aryl methyl sites for hydroxylation is 2. The molecule has 1 fully saturated rings. The molecule has 1 N–H and O–H groups in total. The number of nitrogens with zero attached hydrogens (tertiary/aromatic N) is 4. The van der Waals surface area contributed by atoms with Crippen LogP contribution >= 0.6 is 11.3 Å². The molecule has 1 atom stereocenters. The number of rotatable bonds is 4. The van der Waals surface area contributed by atoms with E-state index < -0.39 is 0 Å². The molecule has 1 aromatic carbocycles. The highest BCUT2D eigenvalue weighted by Crippen LogP contribution is 2.41. The molecule has 3 heterocycles. The van der Waals surface area contributed by atoms with Gasteiger partial charge in [0.2, 0.25) is 10.8 Å². The number of methoxy groups -OCH3 is 1. The molecule has 1 aliphatic heterocycles. The molecule has 2 aromatic heterocycles. The van der Waals surface area contributed by atoms with Gasteiger partial charge in [0.15, 0.2) is 0 Å². The van der Waals surface area contributed by atoms with E-state index in [2.05, 4.69) is 40.1 Å². The van der Waals surface area contributed by atoms with Crippen molar-refractivity contribution in [3.05, 3.63) is 46.1 Å². The third-order valence-corrected chi connectivity index (χ3v) is 6.41. The van der Waals surface area contributed by atoms with E-state index in [1.165, 1.54) is 28.5 Å². The Labute approximate surface area is 167 Å². The number of aromatic hydroxyl groups is 1. The third-order valence-electron chi connectivity index (χ3n) is 5.34. The summed E-state index contributed by atoms with van der Waals surface area (Å²) in [5, 5.41) is 15.2. The normalized spacial score (nSPS) is 17.1. The van der Waals surface area contributed by atoms with Gasteiger partial charge in [0.25, 0.3) is 0 Å². The Kier molecular flexibility index (Phi) is 5.07. The smallest absolute Gasteiger partial charge is 0.308 e. The predicted octanol–water partition coefficient (Wildman–Crippen LogP) is 3.09. The summed E-state index contributed by atoms with van der Waals surface area (Å²) in [7, 11) is 1.44. The van der Waals surface area contributed by atoms with E-state index in [1.807, 2.05) is 13.0 Å². The second-order valence-corrected chi connectivity index (χ2v) is 8.30. The lowest BCUT2D eigenvalue weighted by molar-refractivity contribution is -0.147. The zero-order valence-corrected chi connectivity index (χ0v) is 17.1. The summed E-state index contributed by atoms with van der Waals surface area (Å²) < 4.78 is 6.43. The number of aromatic nitrogens is 3. The van der Waals surface area contributed by atoms with E-state index in [4.69, 9.17) is 4.74 Å². The lowest BCUT2D eigenvalue weighted by atomic mass is 9.93. The summed E-state index contributed by atoms with van der Waals surface area (Å²) in [5.41, 5.74) is 2.29. The number of thiazole rings is 1. The summed E-state index contributed by atoms with van der Waals surface area (Å²) in [4.78, 5) is 20.2. The fourth-order valence-corrected chi connectivity index (χ4v) is 5.12. The van der Waals surface area contributed by atoms with Gasteiger partial charge < -0.3 is 9.84 Å². The summed E-state index contributed by atoms with van der Waals surface area (Å²) in [6.45, 7) is 5.39. The Morgan fingerprint density at radius 1 is 1.32 bits per heavy atom. The molecule has 8 heteroatoms. The Morgan fingerprint density at radius 2 is 2.07 bits per heavy atom. The lowest BCUT2D eigenvalue weighted by Gasteiger charge is -2.36. The maximum atomic E-state index is 11.9. The first-order valence-corrected chi connectivity index (χ1v) is 10.2. The zero-order chi connectivity index (χ0) is 19.8. The highest BCUT2D eigenvalue weighted by atomic mass is 32.1. The standard InChI is InChI=1S/C20H24N4O3S/c1-12-5-4-6-15(11-12)16(23-9-7-14(8-10-23)19(26)27-3)17-18(25)24-20(28-17)21-13(2)22-24/h4-6,11,14,16,25H,7-10H2,1-3H3/t16-/m0/s1. The number of fused-ring (bicyclic) bond motifs is 1. The van der Waals surface area contributed by atoms with Crippen LogP contribution in [0.2, 0.25) is 0 Å². The van der Waals surface area contributed by atoms with Gasteiger partial charge in [-0.15, -0.1) is 5.10 Å². The van der Waals surface area contributed by atoms with Crippen LogP contribution in [0, 0.1) is 19.8 Å². The molecule has 28 heavy (non-hydrogen) atoms. The number of piperidine rings is 1. The first-order valence-electron chi connectivity index (χ1n) is 9.41. The van der Waals surface area contributed by atoms with Crippen LogP contribution in [0.3, 0.4) is 0 Å². The minimum Gasteiger partial charge on any atom is -0.492 e. The first kappa shape index (κ1) is 18.9. The van der Waals surface area contributed by atoms with Gasteiger partial charge in [0.1, 0.15) is 5.82 Å². The lowest BCUT2D eigenvalue weighted by Crippen LogP contribution is -2.39. The Hall–Kier alpha value is -2.45. The van der Waals surface area contributed by atoms with E-state index in [1.54, 1.807) is 0 Å². The van der Waals surface area contributed by atoms with Crippen LogP contribution < -0.4 is 0 Å². The highest BCUT2D eigenvalue weighted by molar-refractivity contribution is 7.17. The summed E-state index contributed by atoms with van der Waals surface area (Å²) in [6.07, 6.45) is 1.49. The van der Waals surface area contributed by atoms with Crippen molar-refractivity contribution in [2.24, 2.45) is 5.92 Å². The zero-order valence-electron chi connectivity index (χ0n) is 16.3. The number of hydrogen-bond acceptors (Lipinski definition) is 7. The quantitative estimate of drug-likeness (QED) is 0.678. The minimum atomic E-state index is -0.135. The fraction of sp³-hybridized carbons (Fsp3) is 0.450. The second-order valence-electron chi connectivity index (χ2n) is 7.29. The Balaban J connectivity index is 1.71. The molecule has 0 spiro atoms. The molecule has 0 unspecified atom stereocenters. The summed E-state index contributed by atoms with van der Waals surface area (Å²) in [5.74, 6) is 0.586. The molecular weight excluding hydrogens is 376 g/mol. The number of carbonyl (C=O) groups is 1. The number of esters is 1. The molecule has 7 nitrogen and oxygen atoms in total.